The lowest BCUT2D eigenvalue weighted by molar-refractivity contribution is -0.132. The third-order valence-corrected chi connectivity index (χ3v) is 3.96. The Morgan fingerprint density at radius 2 is 2.36 bits per heavy atom. The van der Waals surface area contributed by atoms with E-state index in [2.05, 4.69) is 19.9 Å². The van der Waals surface area contributed by atoms with Crippen LogP contribution >= 0.6 is 0 Å². The SMILES string of the molecule is CC1=CC2(C)CC1CC2C(=O)C(C)O. The number of aliphatic hydroxyl groups excluding tert-OH is 1. The van der Waals surface area contributed by atoms with Gasteiger partial charge in [0.15, 0.2) is 5.78 Å². The van der Waals surface area contributed by atoms with Crippen molar-refractivity contribution in [2.24, 2.45) is 17.3 Å². The van der Waals surface area contributed by atoms with Crippen molar-refractivity contribution in [3.63, 3.8) is 0 Å². The number of carbonyl (C=O) groups excluding carboxylic acids is 1. The number of Topliss-reactive ketones (excluding diaryl/α,β-unsaturated/α-hetero) is 1. The zero-order valence-electron chi connectivity index (χ0n) is 9.08. The smallest absolute Gasteiger partial charge is 0.164 e. The van der Waals surface area contributed by atoms with Crippen LogP contribution in [0.25, 0.3) is 0 Å². The van der Waals surface area contributed by atoms with Gasteiger partial charge >= 0.3 is 0 Å². The first-order chi connectivity index (χ1) is 6.44. The van der Waals surface area contributed by atoms with Gasteiger partial charge in [-0.05, 0) is 38.0 Å². The molecule has 78 valence electrons. The fraction of sp³-hybridized carbons (Fsp3) is 0.750. The third-order valence-electron chi connectivity index (χ3n) is 3.96. The van der Waals surface area contributed by atoms with Crippen LogP contribution in [0.3, 0.4) is 0 Å². The maximum absolute atomic E-state index is 11.8. The summed E-state index contributed by atoms with van der Waals surface area (Å²) in [6.45, 7) is 5.88. The lowest BCUT2D eigenvalue weighted by Gasteiger charge is -2.28. The van der Waals surface area contributed by atoms with Gasteiger partial charge in [-0.25, -0.2) is 0 Å². The number of fused-ring (bicyclic) bond motifs is 2. The van der Waals surface area contributed by atoms with Crippen LogP contribution in [-0.2, 0) is 4.79 Å². The van der Waals surface area contributed by atoms with Gasteiger partial charge < -0.3 is 5.11 Å². The third kappa shape index (κ3) is 1.24. The summed E-state index contributed by atoms with van der Waals surface area (Å²) in [4.78, 5) is 11.8. The minimum atomic E-state index is -0.801. The van der Waals surface area contributed by atoms with Crippen molar-refractivity contribution >= 4 is 5.78 Å². The Morgan fingerprint density at radius 1 is 1.71 bits per heavy atom. The molecule has 14 heavy (non-hydrogen) atoms. The molecule has 0 amide bonds. The molecular weight excluding hydrogens is 176 g/mol. The van der Waals surface area contributed by atoms with E-state index in [1.807, 2.05) is 0 Å². The Kier molecular flexibility index (Phi) is 2.07. The molecule has 2 heteroatoms. The second-order valence-electron chi connectivity index (χ2n) is 5.16. The van der Waals surface area contributed by atoms with E-state index in [0.29, 0.717) is 5.92 Å². The van der Waals surface area contributed by atoms with Crippen molar-refractivity contribution in [1.82, 2.24) is 0 Å². The molecule has 4 unspecified atom stereocenters. The fourth-order valence-corrected chi connectivity index (χ4v) is 3.19. The van der Waals surface area contributed by atoms with Crippen LogP contribution in [0.5, 0.6) is 0 Å². The summed E-state index contributed by atoms with van der Waals surface area (Å²) in [5.41, 5.74) is 1.46. The lowest BCUT2D eigenvalue weighted by Crippen LogP contribution is -2.33. The summed E-state index contributed by atoms with van der Waals surface area (Å²) >= 11 is 0. The van der Waals surface area contributed by atoms with Crippen molar-refractivity contribution in [3.8, 4) is 0 Å². The minimum Gasteiger partial charge on any atom is -0.386 e. The molecule has 1 fully saturated rings. The summed E-state index contributed by atoms with van der Waals surface area (Å²) in [6.07, 6.45) is 3.49. The zero-order valence-corrected chi connectivity index (χ0v) is 9.08. The van der Waals surface area contributed by atoms with Gasteiger partial charge in [0.1, 0.15) is 6.10 Å². The van der Waals surface area contributed by atoms with E-state index in [0.717, 1.165) is 12.8 Å². The van der Waals surface area contributed by atoms with Crippen molar-refractivity contribution in [3.05, 3.63) is 11.6 Å². The van der Waals surface area contributed by atoms with Crippen LogP contribution in [0.1, 0.15) is 33.6 Å². The van der Waals surface area contributed by atoms with Crippen molar-refractivity contribution in [1.29, 1.82) is 0 Å². The summed E-state index contributed by atoms with van der Waals surface area (Å²) in [5.74, 6) is 0.669. The predicted molar refractivity (Wildman–Crippen MR) is 54.8 cm³/mol. The maximum Gasteiger partial charge on any atom is 0.164 e. The quantitative estimate of drug-likeness (QED) is 0.682. The van der Waals surface area contributed by atoms with Crippen molar-refractivity contribution in [2.75, 3.05) is 0 Å². The fourth-order valence-electron chi connectivity index (χ4n) is 3.19. The van der Waals surface area contributed by atoms with Crippen LogP contribution in [0, 0.1) is 17.3 Å². The normalized spacial score (nSPS) is 42.4. The Hall–Kier alpha value is -0.630. The van der Waals surface area contributed by atoms with E-state index in [4.69, 9.17) is 0 Å². The molecule has 4 atom stereocenters. The topological polar surface area (TPSA) is 37.3 Å². The van der Waals surface area contributed by atoms with E-state index in [9.17, 15) is 9.90 Å². The highest BCUT2D eigenvalue weighted by molar-refractivity contribution is 5.86. The van der Waals surface area contributed by atoms with Gasteiger partial charge in [-0.15, -0.1) is 0 Å². The number of hydrogen-bond donors (Lipinski definition) is 1. The molecule has 1 N–H and O–H groups in total. The average molecular weight is 194 g/mol. The number of aliphatic hydroxyl groups is 1. The average Bonchev–Trinajstić information content (AvgIpc) is 2.54. The molecule has 0 aromatic heterocycles. The Labute approximate surface area is 85.0 Å². The molecular formula is C12H18O2. The Balaban J connectivity index is 2.23. The minimum absolute atomic E-state index is 0.0266. The van der Waals surface area contributed by atoms with Gasteiger partial charge in [0.25, 0.3) is 0 Å². The lowest BCUT2D eigenvalue weighted by atomic mass is 9.75. The van der Waals surface area contributed by atoms with Gasteiger partial charge in [0, 0.05) is 5.92 Å². The van der Waals surface area contributed by atoms with Gasteiger partial charge in [0.2, 0.25) is 0 Å². The molecule has 0 radical (unpaired) electrons. The van der Waals surface area contributed by atoms with E-state index < -0.39 is 6.10 Å². The van der Waals surface area contributed by atoms with Gasteiger partial charge in [-0.2, -0.15) is 0 Å². The van der Waals surface area contributed by atoms with Gasteiger partial charge in [0.05, 0.1) is 0 Å². The van der Waals surface area contributed by atoms with Crippen LogP contribution < -0.4 is 0 Å². The molecule has 0 saturated heterocycles. The van der Waals surface area contributed by atoms with Crippen LogP contribution in [-0.4, -0.2) is 17.0 Å². The van der Waals surface area contributed by atoms with Crippen LogP contribution in [0.4, 0.5) is 0 Å². The molecule has 0 heterocycles. The first kappa shape index (κ1) is 9.91. The molecule has 1 saturated carbocycles. The molecule has 2 rings (SSSR count). The van der Waals surface area contributed by atoms with E-state index in [1.54, 1.807) is 6.92 Å². The van der Waals surface area contributed by atoms with E-state index in [1.165, 1.54) is 5.57 Å². The standard InChI is InChI=1S/C12H18O2/c1-7-5-12(3)6-9(7)4-10(12)11(14)8(2)13/h5,8-10,13H,4,6H2,1-3H3. The number of allylic oxidation sites excluding steroid dienone is 2. The Bertz CT molecular complexity index is 303. The van der Waals surface area contributed by atoms with E-state index >= 15 is 0 Å². The van der Waals surface area contributed by atoms with E-state index in [-0.39, 0.29) is 17.1 Å². The Morgan fingerprint density at radius 3 is 2.71 bits per heavy atom. The highest BCUT2D eigenvalue weighted by Crippen LogP contribution is 2.56. The maximum atomic E-state index is 11.8. The molecule has 0 aromatic carbocycles. The number of carbonyl (C=O) groups is 1. The first-order valence-corrected chi connectivity index (χ1v) is 5.35. The second kappa shape index (κ2) is 2.93. The van der Waals surface area contributed by atoms with Crippen LogP contribution in [0.15, 0.2) is 11.6 Å². The zero-order chi connectivity index (χ0) is 10.5. The number of ketones is 1. The van der Waals surface area contributed by atoms with Crippen molar-refractivity contribution < 1.29 is 9.90 Å². The molecule has 2 nitrogen and oxygen atoms in total. The second-order valence-corrected chi connectivity index (χ2v) is 5.16. The largest absolute Gasteiger partial charge is 0.386 e. The van der Waals surface area contributed by atoms with Crippen LogP contribution in [0.2, 0.25) is 0 Å². The summed E-state index contributed by atoms with van der Waals surface area (Å²) < 4.78 is 0. The van der Waals surface area contributed by atoms with Gasteiger partial charge in [-0.3, -0.25) is 4.79 Å². The monoisotopic (exact) mass is 194 g/mol. The predicted octanol–water partition coefficient (Wildman–Crippen LogP) is 1.93. The first-order valence-electron chi connectivity index (χ1n) is 5.35. The molecule has 2 aliphatic rings. The van der Waals surface area contributed by atoms with Gasteiger partial charge in [-0.1, -0.05) is 18.6 Å². The number of hydrogen-bond acceptors (Lipinski definition) is 2. The summed E-state index contributed by atoms with van der Waals surface area (Å²) in [6, 6.07) is 0. The highest BCUT2D eigenvalue weighted by Gasteiger charge is 2.50. The molecule has 2 bridgehead atoms. The summed E-state index contributed by atoms with van der Waals surface area (Å²) in [5, 5.41) is 9.32. The van der Waals surface area contributed by atoms with Crippen molar-refractivity contribution in [2.45, 2.75) is 39.7 Å². The molecule has 0 aromatic rings. The molecule has 2 aliphatic carbocycles. The molecule has 0 spiro atoms. The summed E-state index contributed by atoms with van der Waals surface area (Å²) in [7, 11) is 0. The number of rotatable bonds is 2. The molecule has 0 aliphatic heterocycles. The highest BCUT2D eigenvalue weighted by atomic mass is 16.3.